The standard InChI is InChI=1S/C15H27N5/c1-12-3-4-13(2)19(10-12)7-8-20-11-15(17-18-20)9-16-14-5-6-14/h11-14,16H,3-10H2,1-2H3. The van der Waals surface area contributed by atoms with Gasteiger partial charge in [-0.3, -0.25) is 9.58 Å². The summed E-state index contributed by atoms with van der Waals surface area (Å²) in [5.74, 6) is 0.834. The fourth-order valence-electron chi connectivity index (χ4n) is 2.99. The Kier molecular flexibility index (Phi) is 4.36. The first-order chi connectivity index (χ1) is 9.70. The minimum atomic E-state index is 0.714. The van der Waals surface area contributed by atoms with E-state index in [1.165, 1.54) is 32.2 Å². The summed E-state index contributed by atoms with van der Waals surface area (Å²) in [7, 11) is 0. The molecule has 2 heterocycles. The van der Waals surface area contributed by atoms with E-state index >= 15 is 0 Å². The molecule has 5 heteroatoms. The van der Waals surface area contributed by atoms with E-state index in [9.17, 15) is 0 Å². The van der Waals surface area contributed by atoms with Gasteiger partial charge in [0.2, 0.25) is 0 Å². The van der Waals surface area contributed by atoms with Crippen molar-refractivity contribution in [2.75, 3.05) is 13.1 Å². The molecule has 0 spiro atoms. The van der Waals surface area contributed by atoms with E-state index in [0.29, 0.717) is 6.04 Å². The second-order valence-electron chi connectivity index (χ2n) is 6.65. The van der Waals surface area contributed by atoms with Crippen molar-refractivity contribution < 1.29 is 0 Å². The largest absolute Gasteiger partial charge is 0.308 e. The first kappa shape index (κ1) is 14.0. The number of nitrogens with zero attached hydrogens (tertiary/aromatic N) is 4. The fourth-order valence-corrected chi connectivity index (χ4v) is 2.99. The Morgan fingerprint density at radius 1 is 1.20 bits per heavy atom. The van der Waals surface area contributed by atoms with Gasteiger partial charge < -0.3 is 5.32 Å². The number of piperidine rings is 1. The summed E-state index contributed by atoms with van der Waals surface area (Å²) < 4.78 is 2.00. The number of rotatable bonds is 6. The van der Waals surface area contributed by atoms with Gasteiger partial charge in [-0.25, -0.2) is 0 Å². The molecule has 2 fully saturated rings. The van der Waals surface area contributed by atoms with E-state index in [-0.39, 0.29) is 0 Å². The van der Waals surface area contributed by atoms with Crippen molar-refractivity contribution in [2.45, 2.75) is 64.7 Å². The predicted octanol–water partition coefficient (Wildman–Crippen LogP) is 1.65. The molecule has 1 aromatic heterocycles. The third-order valence-corrected chi connectivity index (χ3v) is 4.60. The summed E-state index contributed by atoms with van der Waals surface area (Å²) in [6.07, 6.45) is 7.43. The Morgan fingerprint density at radius 3 is 2.85 bits per heavy atom. The molecule has 112 valence electrons. The second-order valence-corrected chi connectivity index (χ2v) is 6.65. The zero-order chi connectivity index (χ0) is 13.9. The molecule has 1 saturated heterocycles. The van der Waals surface area contributed by atoms with Crippen molar-refractivity contribution in [1.82, 2.24) is 25.2 Å². The Hall–Kier alpha value is -0.940. The summed E-state index contributed by atoms with van der Waals surface area (Å²) >= 11 is 0. The SMILES string of the molecule is CC1CCC(C)N(CCn2cc(CNC3CC3)nn2)C1. The normalized spacial score (nSPS) is 27.9. The van der Waals surface area contributed by atoms with Gasteiger partial charge in [-0.05, 0) is 38.5 Å². The highest BCUT2D eigenvalue weighted by Crippen LogP contribution is 2.21. The molecular weight excluding hydrogens is 250 g/mol. The van der Waals surface area contributed by atoms with Crippen LogP contribution >= 0.6 is 0 Å². The average molecular weight is 277 g/mol. The van der Waals surface area contributed by atoms with Crippen molar-refractivity contribution in [2.24, 2.45) is 5.92 Å². The van der Waals surface area contributed by atoms with Crippen LogP contribution in [0.1, 0.15) is 45.2 Å². The van der Waals surface area contributed by atoms with Crippen LogP contribution in [0.25, 0.3) is 0 Å². The molecule has 2 aliphatic rings. The minimum Gasteiger partial charge on any atom is -0.308 e. The first-order valence-corrected chi connectivity index (χ1v) is 8.07. The summed E-state index contributed by atoms with van der Waals surface area (Å²) in [6, 6.07) is 1.45. The van der Waals surface area contributed by atoms with Crippen LogP contribution in [0.15, 0.2) is 6.20 Å². The molecule has 2 atom stereocenters. The van der Waals surface area contributed by atoms with Crippen LogP contribution in [0.4, 0.5) is 0 Å². The summed E-state index contributed by atoms with van der Waals surface area (Å²) in [4.78, 5) is 2.60. The van der Waals surface area contributed by atoms with Gasteiger partial charge in [0.25, 0.3) is 0 Å². The molecule has 0 aromatic carbocycles. The molecule has 5 nitrogen and oxygen atoms in total. The molecule has 20 heavy (non-hydrogen) atoms. The predicted molar refractivity (Wildman–Crippen MR) is 79.3 cm³/mol. The van der Waals surface area contributed by atoms with Gasteiger partial charge in [-0.1, -0.05) is 12.1 Å². The van der Waals surface area contributed by atoms with Crippen LogP contribution in [-0.4, -0.2) is 45.1 Å². The lowest BCUT2D eigenvalue weighted by Crippen LogP contribution is -2.42. The van der Waals surface area contributed by atoms with Crippen molar-refractivity contribution >= 4 is 0 Å². The Morgan fingerprint density at radius 2 is 2.05 bits per heavy atom. The minimum absolute atomic E-state index is 0.714. The number of aromatic nitrogens is 3. The van der Waals surface area contributed by atoms with E-state index in [2.05, 4.69) is 40.6 Å². The lowest BCUT2D eigenvalue weighted by Gasteiger charge is -2.36. The third kappa shape index (κ3) is 3.79. The monoisotopic (exact) mass is 277 g/mol. The van der Waals surface area contributed by atoms with Gasteiger partial charge >= 0.3 is 0 Å². The van der Waals surface area contributed by atoms with Crippen LogP contribution < -0.4 is 5.32 Å². The van der Waals surface area contributed by atoms with E-state index < -0.39 is 0 Å². The zero-order valence-electron chi connectivity index (χ0n) is 12.8. The Labute approximate surface area is 121 Å². The summed E-state index contributed by atoms with van der Waals surface area (Å²) in [5.41, 5.74) is 1.07. The van der Waals surface area contributed by atoms with E-state index in [1.54, 1.807) is 0 Å². The molecule has 2 unspecified atom stereocenters. The molecular formula is C15H27N5. The van der Waals surface area contributed by atoms with Crippen LogP contribution in [0.5, 0.6) is 0 Å². The molecule has 1 aliphatic carbocycles. The molecule has 0 bridgehead atoms. The highest BCUT2D eigenvalue weighted by atomic mass is 15.4. The third-order valence-electron chi connectivity index (χ3n) is 4.60. The number of hydrogen-bond acceptors (Lipinski definition) is 4. The number of likely N-dealkylation sites (tertiary alicyclic amines) is 1. The lowest BCUT2D eigenvalue weighted by molar-refractivity contribution is 0.119. The molecule has 1 saturated carbocycles. The maximum atomic E-state index is 4.25. The summed E-state index contributed by atoms with van der Waals surface area (Å²) in [5, 5.41) is 12.0. The average Bonchev–Trinajstić information content (AvgIpc) is 3.16. The van der Waals surface area contributed by atoms with Crippen LogP contribution in [-0.2, 0) is 13.1 Å². The quantitative estimate of drug-likeness (QED) is 0.859. The molecule has 1 aromatic rings. The second kappa shape index (κ2) is 6.22. The maximum absolute atomic E-state index is 4.25. The van der Waals surface area contributed by atoms with Gasteiger partial charge in [0.05, 0.1) is 12.2 Å². The topological polar surface area (TPSA) is 46.0 Å². The lowest BCUT2D eigenvalue weighted by atomic mass is 9.95. The zero-order valence-corrected chi connectivity index (χ0v) is 12.8. The molecule has 0 amide bonds. The van der Waals surface area contributed by atoms with E-state index in [0.717, 1.165) is 37.3 Å². The molecule has 3 rings (SSSR count). The number of nitrogens with one attached hydrogen (secondary N) is 1. The molecule has 1 N–H and O–H groups in total. The van der Waals surface area contributed by atoms with Crippen LogP contribution in [0.2, 0.25) is 0 Å². The van der Waals surface area contributed by atoms with Gasteiger partial charge in [0.1, 0.15) is 0 Å². The number of hydrogen-bond donors (Lipinski definition) is 1. The maximum Gasteiger partial charge on any atom is 0.0964 e. The Bertz CT molecular complexity index is 426. The van der Waals surface area contributed by atoms with Gasteiger partial charge in [-0.2, -0.15) is 0 Å². The van der Waals surface area contributed by atoms with Crippen molar-refractivity contribution in [3.05, 3.63) is 11.9 Å². The van der Waals surface area contributed by atoms with E-state index in [4.69, 9.17) is 0 Å². The van der Waals surface area contributed by atoms with Crippen molar-refractivity contribution in [1.29, 1.82) is 0 Å². The Balaban J connectivity index is 1.45. The van der Waals surface area contributed by atoms with Crippen molar-refractivity contribution in [3.63, 3.8) is 0 Å². The van der Waals surface area contributed by atoms with Gasteiger partial charge in [0.15, 0.2) is 0 Å². The van der Waals surface area contributed by atoms with Crippen molar-refractivity contribution in [3.8, 4) is 0 Å². The fraction of sp³-hybridized carbons (Fsp3) is 0.867. The van der Waals surface area contributed by atoms with Gasteiger partial charge in [0, 0.05) is 37.9 Å². The van der Waals surface area contributed by atoms with Crippen LogP contribution in [0.3, 0.4) is 0 Å². The molecule has 0 radical (unpaired) electrons. The first-order valence-electron chi connectivity index (χ1n) is 8.07. The van der Waals surface area contributed by atoms with Gasteiger partial charge in [-0.15, -0.1) is 5.10 Å². The highest BCUT2D eigenvalue weighted by molar-refractivity contribution is 4.94. The smallest absolute Gasteiger partial charge is 0.0964 e. The summed E-state index contributed by atoms with van der Waals surface area (Å²) in [6.45, 7) is 8.83. The molecule has 1 aliphatic heterocycles. The van der Waals surface area contributed by atoms with Crippen LogP contribution in [0, 0.1) is 5.92 Å². The highest BCUT2D eigenvalue weighted by Gasteiger charge is 2.23. The van der Waals surface area contributed by atoms with E-state index in [1.807, 2.05) is 4.68 Å².